The smallest absolute Gasteiger partial charge is 0.246 e. The second-order valence-corrected chi connectivity index (χ2v) is 8.11. The zero-order valence-corrected chi connectivity index (χ0v) is 17.6. The van der Waals surface area contributed by atoms with Crippen LogP contribution in [0.2, 0.25) is 0 Å². The van der Waals surface area contributed by atoms with Gasteiger partial charge in [0.1, 0.15) is 11.6 Å². The van der Waals surface area contributed by atoms with Gasteiger partial charge in [-0.15, -0.1) is 11.3 Å². The minimum atomic E-state index is -0.237. The summed E-state index contributed by atoms with van der Waals surface area (Å²) in [5.74, 6) is 0.606. The zero-order chi connectivity index (χ0) is 20.9. The van der Waals surface area contributed by atoms with Crippen LogP contribution in [0, 0.1) is 5.82 Å². The Balaban J connectivity index is 1.36. The number of nitrogens with zero attached hydrogens (tertiary/aromatic N) is 2. The van der Waals surface area contributed by atoms with E-state index in [0.717, 1.165) is 34.3 Å². The monoisotopic (exact) mass is 422 g/mol. The van der Waals surface area contributed by atoms with Crippen molar-refractivity contribution in [2.75, 3.05) is 38.2 Å². The minimum Gasteiger partial charge on any atom is -0.495 e. The highest BCUT2D eigenvalue weighted by Crippen LogP contribution is 2.31. The number of carbonyl (C=O) groups excluding carboxylic acids is 1. The number of benzene rings is 2. The van der Waals surface area contributed by atoms with E-state index in [2.05, 4.69) is 4.90 Å². The molecule has 4 rings (SSSR count). The Morgan fingerprint density at radius 3 is 2.50 bits per heavy atom. The maximum atomic E-state index is 14.0. The predicted octanol–water partition coefficient (Wildman–Crippen LogP) is 4.92. The number of halogens is 1. The topological polar surface area (TPSA) is 32.8 Å². The number of hydrogen-bond donors (Lipinski definition) is 0. The zero-order valence-electron chi connectivity index (χ0n) is 16.8. The number of anilines is 1. The molecule has 2 aromatic carbocycles. The lowest BCUT2D eigenvalue weighted by molar-refractivity contribution is -0.126. The van der Waals surface area contributed by atoms with E-state index >= 15 is 0 Å². The highest BCUT2D eigenvalue weighted by atomic mass is 32.1. The quantitative estimate of drug-likeness (QED) is 0.547. The number of rotatable bonds is 5. The van der Waals surface area contributed by atoms with Gasteiger partial charge in [-0.2, -0.15) is 0 Å². The minimum absolute atomic E-state index is 0.00415. The summed E-state index contributed by atoms with van der Waals surface area (Å²) in [6.07, 6.45) is 3.42. The van der Waals surface area contributed by atoms with Gasteiger partial charge < -0.3 is 14.5 Å². The van der Waals surface area contributed by atoms with E-state index in [1.807, 2.05) is 53.4 Å². The molecular weight excluding hydrogens is 399 g/mol. The SMILES string of the molecule is COc1ccccc1N1CCN(C(=O)/C=C/c2ccc(-c3ccccc3F)s2)CC1. The highest BCUT2D eigenvalue weighted by Gasteiger charge is 2.21. The van der Waals surface area contributed by atoms with E-state index in [1.165, 1.54) is 17.4 Å². The van der Waals surface area contributed by atoms with E-state index in [1.54, 1.807) is 25.3 Å². The molecule has 1 aliphatic rings. The van der Waals surface area contributed by atoms with E-state index in [-0.39, 0.29) is 11.7 Å². The Labute approximate surface area is 179 Å². The number of carbonyl (C=O) groups is 1. The molecule has 1 saturated heterocycles. The van der Waals surface area contributed by atoms with E-state index in [9.17, 15) is 9.18 Å². The van der Waals surface area contributed by atoms with Crippen LogP contribution in [0.25, 0.3) is 16.5 Å². The van der Waals surface area contributed by atoms with Crippen molar-refractivity contribution >= 4 is 29.0 Å². The normalized spacial score (nSPS) is 14.3. The molecule has 1 amide bonds. The third-order valence-corrected chi connectivity index (χ3v) is 6.26. The first-order valence-electron chi connectivity index (χ1n) is 9.85. The van der Waals surface area contributed by atoms with Crippen LogP contribution in [0.15, 0.2) is 66.7 Å². The molecule has 0 radical (unpaired) electrons. The van der Waals surface area contributed by atoms with Crippen LogP contribution in [-0.2, 0) is 4.79 Å². The van der Waals surface area contributed by atoms with Gasteiger partial charge >= 0.3 is 0 Å². The van der Waals surface area contributed by atoms with Crippen molar-refractivity contribution in [3.63, 3.8) is 0 Å². The highest BCUT2D eigenvalue weighted by molar-refractivity contribution is 7.16. The number of ether oxygens (including phenoxy) is 1. The summed E-state index contributed by atoms with van der Waals surface area (Å²) in [5, 5.41) is 0. The van der Waals surface area contributed by atoms with E-state index in [0.29, 0.717) is 18.7 Å². The summed E-state index contributed by atoms with van der Waals surface area (Å²) in [6.45, 7) is 2.84. The third-order valence-electron chi connectivity index (χ3n) is 5.17. The maximum absolute atomic E-state index is 14.0. The van der Waals surface area contributed by atoms with Crippen molar-refractivity contribution in [1.82, 2.24) is 4.90 Å². The van der Waals surface area contributed by atoms with Gasteiger partial charge in [0.25, 0.3) is 0 Å². The lowest BCUT2D eigenvalue weighted by atomic mass is 10.2. The summed E-state index contributed by atoms with van der Waals surface area (Å²) >= 11 is 1.47. The molecule has 0 spiro atoms. The molecule has 4 nitrogen and oxygen atoms in total. The van der Waals surface area contributed by atoms with Crippen LogP contribution in [0.1, 0.15) is 4.88 Å². The number of hydrogen-bond acceptors (Lipinski definition) is 4. The fraction of sp³-hybridized carbons (Fsp3) is 0.208. The van der Waals surface area contributed by atoms with Crippen molar-refractivity contribution < 1.29 is 13.9 Å². The first-order valence-corrected chi connectivity index (χ1v) is 10.7. The van der Waals surface area contributed by atoms with Crippen LogP contribution in [0.3, 0.4) is 0 Å². The Kier molecular flexibility index (Phi) is 6.14. The van der Waals surface area contributed by atoms with Crippen LogP contribution >= 0.6 is 11.3 Å². The Morgan fingerprint density at radius 1 is 1.00 bits per heavy atom. The van der Waals surface area contributed by atoms with Gasteiger partial charge in [0.15, 0.2) is 0 Å². The van der Waals surface area contributed by atoms with Gasteiger partial charge in [0.05, 0.1) is 12.8 Å². The Hall–Kier alpha value is -3.12. The van der Waals surface area contributed by atoms with Gasteiger partial charge in [0, 0.05) is 47.6 Å². The Bertz CT molecular complexity index is 1050. The summed E-state index contributed by atoms with van der Waals surface area (Å²) in [6, 6.07) is 18.5. The van der Waals surface area contributed by atoms with Crippen molar-refractivity contribution in [2.24, 2.45) is 0 Å². The van der Waals surface area contributed by atoms with E-state index in [4.69, 9.17) is 4.74 Å². The van der Waals surface area contributed by atoms with Gasteiger partial charge in [-0.3, -0.25) is 4.79 Å². The molecular formula is C24H23FN2O2S. The van der Waals surface area contributed by atoms with Gasteiger partial charge in [-0.25, -0.2) is 4.39 Å². The fourth-order valence-corrected chi connectivity index (χ4v) is 4.50. The molecule has 2 heterocycles. The molecule has 0 unspecified atom stereocenters. The lowest BCUT2D eigenvalue weighted by Gasteiger charge is -2.36. The first-order chi connectivity index (χ1) is 14.7. The van der Waals surface area contributed by atoms with Crippen LogP contribution in [-0.4, -0.2) is 44.1 Å². The first kappa shape index (κ1) is 20.2. The molecule has 154 valence electrons. The molecule has 30 heavy (non-hydrogen) atoms. The Morgan fingerprint density at radius 2 is 1.73 bits per heavy atom. The fourth-order valence-electron chi connectivity index (χ4n) is 3.57. The molecule has 6 heteroatoms. The largest absolute Gasteiger partial charge is 0.495 e. The molecule has 0 aliphatic carbocycles. The van der Waals surface area contributed by atoms with Crippen LogP contribution in [0.5, 0.6) is 5.75 Å². The molecule has 1 aliphatic heterocycles. The van der Waals surface area contributed by atoms with Crippen molar-refractivity contribution in [3.8, 4) is 16.2 Å². The number of thiophene rings is 1. The number of para-hydroxylation sites is 2. The number of methoxy groups -OCH3 is 1. The van der Waals surface area contributed by atoms with Gasteiger partial charge in [-0.1, -0.05) is 30.3 Å². The van der Waals surface area contributed by atoms with Crippen molar-refractivity contribution in [1.29, 1.82) is 0 Å². The summed E-state index contributed by atoms with van der Waals surface area (Å²) in [5.41, 5.74) is 1.64. The molecule has 0 N–H and O–H groups in total. The van der Waals surface area contributed by atoms with Gasteiger partial charge in [0.2, 0.25) is 5.91 Å². The predicted molar refractivity (Wildman–Crippen MR) is 121 cm³/mol. The molecule has 0 bridgehead atoms. The molecule has 1 fully saturated rings. The number of piperazine rings is 1. The van der Waals surface area contributed by atoms with Crippen LogP contribution in [0.4, 0.5) is 10.1 Å². The number of amides is 1. The van der Waals surface area contributed by atoms with E-state index < -0.39 is 0 Å². The van der Waals surface area contributed by atoms with Crippen LogP contribution < -0.4 is 9.64 Å². The van der Waals surface area contributed by atoms with Crippen molar-refractivity contribution in [3.05, 3.63) is 77.4 Å². The molecule has 0 atom stereocenters. The second-order valence-electron chi connectivity index (χ2n) is 7.00. The molecule has 0 saturated carbocycles. The second kappa shape index (κ2) is 9.13. The summed E-state index contributed by atoms with van der Waals surface area (Å²) < 4.78 is 19.4. The molecule has 3 aromatic rings. The average Bonchev–Trinajstić information content (AvgIpc) is 3.26. The lowest BCUT2D eigenvalue weighted by Crippen LogP contribution is -2.48. The summed E-state index contributed by atoms with van der Waals surface area (Å²) in [7, 11) is 1.67. The maximum Gasteiger partial charge on any atom is 0.246 e. The standard InChI is InChI=1S/C24H23FN2O2S/c1-29-22-9-5-4-8-21(22)26-14-16-27(17-15-26)24(28)13-11-18-10-12-23(30-18)19-6-2-3-7-20(19)25/h2-13H,14-17H2,1H3/b13-11+. The van der Waals surface area contributed by atoms with Gasteiger partial charge in [-0.05, 0) is 36.4 Å². The third kappa shape index (κ3) is 4.39. The molecule has 1 aromatic heterocycles. The van der Waals surface area contributed by atoms with Crippen molar-refractivity contribution in [2.45, 2.75) is 0 Å². The summed E-state index contributed by atoms with van der Waals surface area (Å²) in [4.78, 5) is 18.5. The average molecular weight is 423 g/mol.